The minimum absolute atomic E-state index is 0.0414. The molecule has 0 aliphatic heterocycles. The van der Waals surface area contributed by atoms with Crippen molar-refractivity contribution in [2.45, 2.75) is 72.3 Å². The highest BCUT2D eigenvalue weighted by molar-refractivity contribution is 5.81. The Hall–Kier alpha value is -0.370. The first-order valence-electron chi connectivity index (χ1n) is 7.06. The summed E-state index contributed by atoms with van der Waals surface area (Å²) >= 11 is 0. The zero-order valence-corrected chi connectivity index (χ0v) is 12.0. The van der Waals surface area contributed by atoms with Gasteiger partial charge in [0.1, 0.15) is 5.78 Å². The fourth-order valence-corrected chi connectivity index (χ4v) is 3.01. The van der Waals surface area contributed by atoms with Crippen LogP contribution in [0.1, 0.15) is 66.2 Å². The molecule has 0 aromatic carbocycles. The predicted molar refractivity (Wildman–Crippen MR) is 72.8 cm³/mol. The maximum absolute atomic E-state index is 12.2. The Balaban J connectivity index is 2.38. The number of nitrogens with two attached hydrogens (primary N) is 1. The lowest BCUT2D eigenvalue weighted by atomic mass is 9.78. The molecule has 1 aliphatic rings. The third-order valence-corrected chi connectivity index (χ3v) is 3.73. The van der Waals surface area contributed by atoms with Gasteiger partial charge in [0.25, 0.3) is 0 Å². The van der Waals surface area contributed by atoms with Crippen molar-refractivity contribution in [3.05, 3.63) is 0 Å². The summed E-state index contributed by atoms with van der Waals surface area (Å²) in [5.74, 6) is 1.43. The average molecular weight is 239 g/mol. The summed E-state index contributed by atoms with van der Waals surface area (Å²) < 4.78 is 0. The van der Waals surface area contributed by atoms with Crippen molar-refractivity contribution in [1.29, 1.82) is 0 Å². The van der Waals surface area contributed by atoms with Gasteiger partial charge in [0.15, 0.2) is 0 Å². The lowest BCUT2D eigenvalue weighted by Crippen LogP contribution is -2.32. The zero-order chi connectivity index (χ0) is 13.1. The van der Waals surface area contributed by atoms with Crippen LogP contribution in [0.2, 0.25) is 0 Å². The molecule has 3 unspecified atom stereocenters. The molecule has 2 N–H and O–H groups in total. The van der Waals surface area contributed by atoms with Crippen LogP contribution in [0.25, 0.3) is 0 Å². The van der Waals surface area contributed by atoms with Crippen LogP contribution in [0.5, 0.6) is 0 Å². The van der Waals surface area contributed by atoms with Crippen LogP contribution in [0, 0.1) is 17.3 Å². The van der Waals surface area contributed by atoms with Gasteiger partial charge in [0.2, 0.25) is 0 Å². The third-order valence-electron chi connectivity index (χ3n) is 3.73. The van der Waals surface area contributed by atoms with Crippen molar-refractivity contribution in [3.63, 3.8) is 0 Å². The fourth-order valence-electron chi connectivity index (χ4n) is 3.01. The predicted octanol–water partition coefficient (Wildman–Crippen LogP) is 3.54. The van der Waals surface area contributed by atoms with Crippen LogP contribution in [-0.2, 0) is 4.79 Å². The Morgan fingerprint density at radius 2 is 2.00 bits per heavy atom. The van der Waals surface area contributed by atoms with Crippen LogP contribution in [0.3, 0.4) is 0 Å². The summed E-state index contributed by atoms with van der Waals surface area (Å²) in [5, 5.41) is 0. The van der Waals surface area contributed by atoms with Crippen LogP contribution >= 0.6 is 0 Å². The summed E-state index contributed by atoms with van der Waals surface area (Å²) in [5.41, 5.74) is 6.30. The molecule has 0 bridgehead atoms. The smallest absolute Gasteiger partial charge is 0.137 e. The second kappa shape index (κ2) is 5.99. The normalized spacial score (nSPS) is 27.8. The highest BCUT2D eigenvalue weighted by Crippen LogP contribution is 2.30. The van der Waals surface area contributed by atoms with E-state index in [4.69, 9.17) is 5.73 Å². The van der Waals surface area contributed by atoms with Crippen LogP contribution in [-0.4, -0.2) is 11.8 Å². The van der Waals surface area contributed by atoms with Crippen molar-refractivity contribution in [3.8, 4) is 0 Å². The van der Waals surface area contributed by atoms with Crippen LogP contribution in [0.4, 0.5) is 0 Å². The molecule has 0 amide bonds. The monoisotopic (exact) mass is 239 g/mol. The second-order valence-electron chi connectivity index (χ2n) is 7.16. The third kappa shape index (κ3) is 5.67. The summed E-state index contributed by atoms with van der Waals surface area (Å²) in [6.45, 7) is 8.80. The lowest BCUT2D eigenvalue weighted by Gasteiger charge is -2.28. The van der Waals surface area contributed by atoms with E-state index < -0.39 is 0 Å². The van der Waals surface area contributed by atoms with Gasteiger partial charge in [-0.15, -0.1) is 0 Å². The Labute approximate surface area is 106 Å². The summed E-state index contributed by atoms with van der Waals surface area (Å²) in [6, 6.07) is 0.0414. The first kappa shape index (κ1) is 14.7. The summed E-state index contributed by atoms with van der Waals surface area (Å²) in [4.78, 5) is 12.2. The van der Waals surface area contributed by atoms with Gasteiger partial charge in [-0.1, -0.05) is 40.5 Å². The first-order valence-corrected chi connectivity index (χ1v) is 7.06. The van der Waals surface area contributed by atoms with Gasteiger partial charge in [-0.3, -0.25) is 4.79 Å². The van der Waals surface area contributed by atoms with Crippen molar-refractivity contribution in [2.24, 2.45) is 23.0 Å². The number of Topliss-reactive ketones (excluding diaryl/α,β-unsaturated/α-hetero) is 1. The Morgan fingerprint density at radius 3 is 2.53 bits per heavy atom. The van der Waals surface area contributed by atoms with Gasteiger partial charge in [-0.2, -0.15) is 0 Å². The first-order chi connectivity index (χ1) is 7.78. The number of carbonyl (C=O) groups excluding carboxylic acids is 1. The number of carbonyl (C=O) groups is 1. The van der Waals surface area contributed by atoms with E-state index in [1.54, 1.807) is 0 Å². The van der Waals surface area contributed by atoms with E-state index in [0.717, 1.165) is 25.2 Å². The Morgan fingerprint density at radius 1 is 1.35 bits per heavy atom. The maximum Gasteiger partial charge on any atom is 0.137 e. The van der Waals surface area contributed by atoms with Crippen LogP contribution < -0.4 is 5.73 Å². The molecule has 0 aromatic heterocycles. The average Bonchev–Trinajstić information content (AvgIpc) is 2.14. The zero-order valence-electron chi connectivity index (χ0n) is 12.0. The lowest BCUT2D eigenvalue weighted by molar-refractivity contribution is -0.124. The molecule has 17 heavy (non-hydrogen) atoms. The van der Waals surface area contributed by atoms with Crippen LogP contribution in [0.15, 0.2) is 0 Å². The molecule has 1 fully saturated rings. The largest absolute Gasteiger partial charge is 0.327 e. The van der Waals surface area contributed by atoms with E-state index in [0.29, 0.717) is 18.1 Å². The SMILES string of the molecule is CC1CCCC(C(=O)CC(N)CC(C)(C)C)C1. The van der Waals surface area contributed by atoms with Gasteiger partial charge in [-0.05, 0) is 30.6 Å². The molecule has 0 heterocycles. The quantitative estimate of drug-likeness (QED) is 0.815. The highest BCUT2D eigenvalue weighted by Gasteiger charge is 2.27. The Bertz CT molecular complexity index is 254. The molecule has 0 radical (unpaired) electrons. The number of hydrogen-bond acceptors (Lipinski definition) is 2. The highest BCUT2D eigenvalue weighted by atomic mass is 16.1. The molecule has 0 saturated heterocycles. The molecule has 2 nitrogen and oxygen atoms in total. The van der Waals surface area contributed by atoms with Crippen molar-refractivity contribution in [2.75, 3.05) is 0 Å². The van der Waals surface area contributed by atoms with Gasteiger partial charge in [-0.25, -0.2) is 0 Å². The van der Waals surface area contributed by atoms with E-state index >= 15 is 0 Å². The number of rotatable bonds is 4. The molecule has 2 heteroatoms. The van der Waals surface area contributed by atoms with E-state index in [-0.39, 0.29) is 11.5 Å². The van der Waals surface area contributed by atoms with E-state index in [1.807, 2.05) is 0 Å². The molecule has 1 rings (SSSR count). The fraction of sp³-hybridized carbons (Fsp3) is 0.933. The topological polar surface area (TPSA) is 43.1 Å². The summed E-state index contributed by atoms with van der Waals surface area (Å²) in [7, 11) is 0. The second-order valence-corrected chi connectivity index (χ2v) is 7.16. The van der Waals surface area contributed by atoms with Gasteiger partial charge < -0.3 is 5.73 Å². The number of hydrogen-bond donors (Lipinski definition) is 1. The minimum atomic E-state index is 0.0414. The van der Waals surface area contributed by atoms with Crippen molar-refractivity contribution < 1.29 is 4.79 Å². The van der Waals surface area contributed by atoms with E-state index in [2.05, 4.69) is 27.7 Å². The molecule has 3 atom stereocenters. The van der Waals surface area contributed by atoms with E-state index in [9.17, 15) is 4.79 Å². The Kier molecular flexibility index (Phi) is 5.18. The van der Waals surface area contributed by atoms with Crippen molar-refractivity contribution in [1.82, 2.24) is 0 Å². The molecule has 0 aromatic rings. The van der Waals surface area contributed by atoms with Gasteiger partial charge in [0, 0.05) is 18.4 Å². The molecule has 1 saturated carbocycles. The summed E-state index contributed by atoms with van der Waals surface area (Å²) in [6.07, 6.45) is 6.19. The molecule has 1 aliphatic carbocycles. The molecule has 0 spiro atoms. The molecular formula is C15H29NO. The van der Waals surface area contributed by atoms with Gasteiger partial charge >= 0.3 is 0 Å². The molecular weight excluding hydrogens is 210 g/mol. The standard InChI is InChI=1S/C15H29NO/c1-11-6-5-7-12(8-11)14(17)9-13(16)10-15(2,3)4/h11-13H,5-10,16H2,1-4H3. The maximum atomic E-state index is 12.2. The number of ketones is 1. The van der Waals surface area contributed by atoms with Crippen molar-refractivity contribution >= 4 is 5.78 Å². The van der Waals surface area contributed by atoms with E-state index in [1.165, 1.54) is 12.8 Å². The molecule has 100 valence electrons. The minimum Gasteiger partial charge on any atom is -0.327 e. The van der Waals surface area contributed by atoms with Gasteiger partial charge in [0.05, 0.1) is 0 Å².